The molecule has 0 aliphatic heterocycles. The zero-order valence-electron chi connectivity index (χ0n) is 17.1. The molecule has 3 rings (SSSR count). The Morgan fingerprint density at radius 1 is 0.923 bits per heavy atom. The van der Waals surface area contributed by atoms with Gasteiger partial charge in [0.2, 0.25) is 0 Å². The number of hydrogen-bond acceptors (Lipinski definition) is 2. The van der Waals surface area contributed by atoms with E-state index in [0.29, 0.717) is 17.5 Å². The molecule has 0 atom stereocenters. The van der Waals surface area contributed by atoms with Crippen molar-refractivity contribution < 1.29 is 9.59 Å². The fourth-order valence-corrected chi connectivity index (χ4v) is 4.02. The van der Waals surface area contributed by atoms with Crippen LogP contribution >= 0.6 is 0 Å². The largest absolute Gasteiger partial charge is 0.299 e. The van der Waals surface area contributed by atoms with Crippen molar-refractivity contribution in [1.82, 2.24) is 0 Å². The van der Waals surface area contributed by atoms with Gasteiger partial charge in [0.25, 0.3) is 0 Å². The monoisotopic (exact) mass is 356 g/mol. The summed E-state index contributed by atoms with van der Waals surface area (Å²) in [5.41, 5.74) is 1.09. The molecule has 0 radical (unpaired) electrons. The van der Waals surface area contributed by atoms with Crippen LogP contribution in [0.2, 0.25) is 0 Å². The molecule has 2 saturated carbocycles. The van der Waals surface area contributed by atoms with Crippen LogP contribution in [0.15, 0.2) is 30.3 Å². The van der Waals surface area contributed by atoms with Crippen LogP contribution in [0.4, 0.5) is 0 Å². The molecule has 144 valence electrons. The van der Waals surface area contributed by atoms with Crippen LogP contribution in [0, 0.1) is 17.8 Å². The van der Waals surface area contributed by atoms with E-state index < -0.39 is 0 Å². The van der Waals surface area contributed by atoms with Gasteiger partial charge in [0.15, 0.2) is 0 Å². The maximum absolute atomic E-state index is 12.0. The van der Waals surface area contributed by atoms with Crippen molar-refractivity contribution in [1.29, 1.82) is 0 Å². The molecule has 2 heteroatoms. The van der Waals surface area contributed by atoms with Gasteiger partial charge in [-0.15, -0.1) is 0 Å². The molecule has 0 heterocycles. The topological polar surface area (TPSA) is 34.1 Å². The van der Waals surface area contributed by atoms with Gasteiger partial charge in [0.05, 0.1) is 5.41 Å². The summed E-state index contributed by atoms with van der Waals surface area (Å²) in [4.78, 5) is 23.4. The average molecular weight is 357 g/mol. The Kier molecular flexibility index (Phi) is 7.61. The van der Waals surface area contributed by atoms with Crippen LogP contribution in [0.25, 0.3) is 0 Å². The van der Waals surface area contributed by atoms with Crippen molar-refractivity contribution in [2.45, 2.75) is 84.5 Å². The molecule has 0 saturated heterocycles. The van der Waals surface area contributed by atoms with Gasteiger partial charge in [-0.05, 0) is 24.3 Å². The Hall–Kier alpha value is -1.44. The highest BCUT2D eigenvalue weighted by Crippen LogP contribution is 2.50. The van der Waals surface area contributed by atoms with Gasteiger partial charge in [0, 0.05) is 18.3 Å². The number of hydrogen-bond donors (Lipinski definition) is 0. The van der Waals surface area contributed by atoms with E-state index in [4.69, 9.17) is 0 Å². The van der Waals surface area contributed by atoms with Crippen molar-refractivity contribution in [2.75, 3.05) is 0 Å². The van der Waals surface area contributed by atoms with Crippen LogP contribution in [0.1, 0.15) is 84.6 Å². The number of rotatable bonds is 6. The van der Waals surface area contributed by atoms with Crippen molar-refractivity contribution in [2.24, 2.45) is 17.8 Å². The van der Waals surface area contributed by atoms with Gasteiger partial charge < -0.3 is 0 Å². The second-order valence-electron chi connectivity index (χ2n) is 8.80. The van der Waals surface area contributed by atoms with E-state index in [2.05, 4.69) is 12.1 Å². The number of carbonyl (C=O) groups excluding carboxylic acids is 2. The number of Topliss-reactive ketones (excluding diaryl/α,β-unsaturated/α-hetero) is 2. The molecule has 0 N–H and O–H groups in total. The first-order chi connectivity index (χ1) is 12.4. The highest BCUT2D eigenvalue weighted by molar-refractivity contribution is 5.94. The van der Waals surface area contributed by atoms with E-state index in [-0.39, 0.29) is 17.3 Å². The molecule has 0 unspecified atom stereocenters. The Labute approximate surface area is 159 Å². The molecule has 2 aliphatic rings. The maximum atomic E-state index is 12.0. The first-order valence-electron chi connectivity index (χ1n) is 10.5. The second kappa shape index (κ2) is 9.48. The molecule has 0 amide bonds. The van der Waals surface area contributed by atoms with Crippen molar-refractivity contribution in [3.8, 4) is 0 Å². The minimum atomic E-state index is -0.116. The summed E-state index contributed by atoms with van der Waals surface area (Å²) in [6, 6.07) is 10.2. The molecule has 0 bridgehead atoms. The fourth-order valence-electron chi connectivity index (χ4n) is 4.02. The van der Waals surface area contributed by atoms with Crippen LogP contribution in [0.5, 0.6) is 0 Å². The highest BCUT2D eigenvalue weighted by atomic mass is 16.1. The highest BCUT2D eigenvalue weighted by Gasteiger charge is 2.51. The van der Waals surface area contributed by atoms with Crippen molar-refractivity contribution >= 4 is 11.6 Å². The summed E-state index contributed by atoms with van der Waals surface area (Å²) in [5, 5.41) is 0. The molecule has 1 aromatic carbocycles. The van der Waals surface area contributed by atoms with E-state index >= 15 is 0 Å². The number of ketones is 2. The van der Waals surface area contributed by atoms with Crippen molar-refractivity contribution in [3.63, 3.8) is 0 Å². The third-order valence-corrected chi connectivity index (χ3v) is 5.93. The summed E-state index contributed by atoms with van der Waals surface area (Å²) in [6.45, 7) is 7.99. The molecular weight excluding hydrogens is 320 g/mol. The van der Waals surface area contributed by atoms with Gasteiger partial charge in [-0.1, -0.05) is 90.1 Å². The van der Waals surface area contributed by atoms with Gasteiger partial charge >= 0.3 is 0 Å². The number of benzene rings is 1. The third kappa shape index (κ3) is 5.53. The molecule has 1 aromatic rings. The molecule has 26 heavy (non-hydrogen) atoms. The molecule has 2 aliphatic carbocycles. The third-order valence-electron chi connectivity index (χ3n) is 5.93. The standard InChI is InChI=1S/C13H16O.C11H20O/c1-10(2)12(14)13(8-9-13)11-6-4-3-5-7-11;1-9(2)11(12)8-10-6-4-3-5-7-10/h3-7,10H,8-9H2,1-2H3;9-10H,3-8H2,1-2H3. The fraction of sp³-hybridized carbons (Fsp3) is 0.667. The van der Waals surface area contributed by atoms with E-state index in [1.54, 1.807) is 0 Å². The summed E-state index contributed by atoms with van der Waals surface area (Å²) in [6.07, 6.45) is 9.56. The maximum Gasteiger partial charge on any atom is 0.145 e. The lowest BCUT2D eigenvalue weighted by Gasteiger charge is -2.21. The lowest BCUT2D eigenvalue weighted by Crippen LogP contribution is -2.24. The van der Waals surface area contributed by atoms with Crippen molar-refractivity contribution in [3.05, 3.63) is 35.9 Å². The molecule has 2 fully saturated rings. The minimum absolute atomic E-state index is 0.116. The lowest BCUT2D eigenvalue weighted by atomic mass is 9.84. The summed E-state index contributed by atoms with van der Waals surface area (Å²) < 4.78 is 0. The Morgan fingerprint density at radius 2 is 1.50 bits per heavy atom. The lowest BCUT2D eigenvalue weighted by molar-refractivity contribution is -0.124. The normalized spacial score (nSPS) is 19.0. The van der Waals surface area contributed by atoms with E-state index in [1.807, 2.05) is 45.9 Å². The van der Waals surface area contributed by atoms with Gasteiger partial charge in [0.1, 0.15) is 11.6 Å². The average Bonchev–Trinajstić information content (AvgIpc) is 3.45. The summed E-state index contributed by atoms with van der Waals surface area (Å²) in [5.74, 6) is 1.98. The van der Waals surface area contributed by atoms with E-state index in [9.17, 15) is 9.59 Å². The summed E-state index contributed by atoms with van der Waals surface area (Å²) in [7, 11) is 0. The molecule has 2 nitrogen and oxygen atoms in total. The number of carbonyl (C=O) groups is 2. The minimum Gasteiger partial charge on any atom is -0.299 e. The summed E-state index contributed by atoms with van der Waals surface area (Å²) >= 11 is 0. The smallest absolute Gasteiger partial charge is 0.145 e. The predicted molar refractivity (Wildman–Crippen MR) is 108 cm³/mol. The van der Waals surface area contributed by atoms with Crippen LogP contribution in [-0.2, 0) is 15.0 Å². The van der Waals surface area contributed by atoms with Crippen LogP contribution in [-0.4, -0.2) is 11.6 Å². The van der Waals surface area contributed by atoms with Gasteiger partial charge in [-0.3, -0.25) is 9.59 Å². The Balaban J connectivity index is 0.000000190. The van der Waals surface area contributed by atoms with Crippen LogP contribution in [0.3, 0.4) is 0 Å². The zero-order chi connectivity index (χ0) is 19.2. The molecule has 0 spiro atoms. The Morgan fingerprint density at radius 3 is 1.96 bits per heavy atom. The van der Waals surface area contributed by atoms with Crippen LogP contribution < -0.4 is 0 Å². The first-order valence-corrected chi connectivity index (χ1v) is 10.5. The first kappa shape index (κ1) is 20.9. The van der Waals surface area contributed by atoms with Gasteiger partial charge in [-0.25, -0.2) is 0 Å². The molecular formula is C24H36O2. The zero-order valence-corrected chi connectivity index (χ0v) is 17.1. The quantitative estimate of drug-likeness (QED) is 0.615. The SMILES string of the molecule is CC(C)C(=O)C1(c2ccccc2)CC1.CC(C)C(=O)CC1CCCCC1. The predicted octanol–water partition coefficient (Wildman–Crippen LogP) is 6.13. The van der Waals surface area contributed by atoms with Gasteiger partial charge in [-0.2, -0.15) is 0 Å². The second-order valence-corrected chi connectivity index (χ2v) is 8.80. The molecule has 0 aromatic heterocycles. The van der Waals surface area contributed by atoms with E-state index in [0.717, 1.165) is 19.3 Å². The van der Waals surface area contributed by atoms with E-state index in [1.165, 1.54) is 37.7 Å². The Bertz CT molecular complexity index is 575.